The number of amides is 1. The largest absolute Gasteiger partial charge is 0.418 e. The summed E-state index contributed by atoms with van der Waals surface area (Å²) >= 11 is 1.27. The molecule has 0 saturated carbocycles. The molecule has 2 aromatic heterocycles. The van der Waals surface area contributed by atoms with Crippen LogP contribution in [0.1, 0.15) is 27.4 Å². The van der Waals surface area contributed by atoms with E-state index in [0.29, 0.717) is 22.2 Å². The van der Waals surface area contributed by atoms with Crippen molar-refractivity contribution in [3.05, 3.63) is 71.2 Å². The lowest BCUT2D eigenvalue weighted by Crippen LogP contribution is -2.31. The zero-order valence-electron chi connectivity index (χ0n) is 14.6. The Balaban J connectivity index is 1.70. The second kappa shape index (κ2) is 8.34. The Kier molecular flexibility index (Phi) is 5.88. The summed E-state index contributed by atoms with van der Waals surface area (Å²) in [6, 6.07) is 9.76. The number of hydrazine groups is 1. The maximum Gasteiger partial charge on any atom is 0.418 e. The van der Waals surface area contributed by atoms with Crippen molar-refractivity contribution in [2.45, 2.75) is 23.9 Å². The Hall–Kier alpha value is -3.01. The van der Waals surface area contributed by atoms with Crippen LogP contribution in [0.25, 0.3) is 0 Å². The Labute approximate surface area is 162 Å². The molecule has 0 saturated heterocycles. The molecule has 0 aliphatic carbocycles. The van der Waals surface area contributed by atoms with Gasteiger partial charge >= 0.3 is 6.18 Å². The third-order valence-corrected chi connectivity index (χ3v) is 4.63. The first kappa shape index (κ1) is 19.7. The third kappa shape index (κ3) is 4.83. The summed E-state index contributed by atoms with van der Waals surface area (Å²) in [6.45, 7) is 1.77. The van der Waals surface area contributed by atoms with E-state index in [2.05, 4.69) is 21.0 Å². The first-order valence-corrected chi connectivity index (χ1v) is 9.06. The van der Waals surface area contributed by atoms with Crippen LogP contribution in [0.3, 0.4) is 0 Å². The smallest absolute Gasteiger partial charge is 0.361 e. The quantitative estimate of drug-likeness (QED) is 0.464. The van der Waals surface area contributed by atoms with Crippen LogP contribution in [0.15, 0.2) is 58.2 Å². The van der Waals surface area contributed by atoms with Gasteiger partial charge in [-0.25, -0.2) is 4.98 Å². The lowest BCUT2D eigenvalue weighted by atomic mass is 10.2. The third-order valence-electron chi connectivity index (χ3n) is 3.59. The molecule has 0 bridgehead atoms. The van der Waals surface area contributed by atoms with Gasteiger partial charge in [0.15, 0.2) is 0 Å². The van der Waals surface area contributed by atoms with Crippen molar-refractivity contribution in [3.63, 3.8) is 0 Å². The Bertz CT molecular complexity index is 975. The van der Waals surface area contributed by atoms with E-state index < -0.39 is 17.6 Å². The predicted molar refractivity (Wildman–Crippen MR) is 97.6 cm³/mol. The number of para-hydroxylation sites is 1. The van der Waals surface area contributed by atoms with Gasteiger partial charge in [0.1, 0.15) is 10.8 Å². The topological polar surface area (TPSA) is 80.0 Å². The van der Waals surface area contributed by atoms with E-state index >= 15 is 0 Å². The average Bonchev–Trinajstić information content (AvgIpc) is 3.09. The van der Waals surface area contributed by atoms with Crippen molar-refractivity contribution in [1.29, 1.82) is 0 Å². The summed E-state index contributed by atoms with van der Waals surface area (Å²) in [4.78, 5) is 16.6. The molecule has 1 amide bonds. The van der Waals surface area contributed by atoms with Crippen LogP contribution in [0.4, 0.5) is 18.9 Å². The summed E-state index contributed by atoms with van der Waals surface area (Å²) in [5, 5.41) is 4.29. The van der Waals surface area contributed by atoms with Crippen LogP contribution in [0.5, 0.6) is 0 Å². The fourth-order valence-corrected chi connectivity index (χ4v) is 3.21. The SMILES string of the molecule is Cc1cc(CSc2ncccc2C(=O)NNc2ccccc2C(F)(F)F)no1. The van der Waals surface area contributed by atoms with E-state index in [1.807, 2.05) is 0 Å². The van der Waals surface area contributed by atoms with Gasteiger partial charge in [0.05, 0.1) is 22.5 Å². The molecule has 0 spiro atoms. The normalized spacial score (nSPS) is 11.3. The number of carbonyl (C=O) groups excluding carboxylic acids is 1. The number of hydrogen-bond donors (Lipinski definition) is 2. The predicted octanol–water partition coefficient (Wildman–Crippen LogP) is 4.45. The van der Waals surface area contributed by atoms with Gasteiger partial charge in [0.2, 0.25) is 0 Å². The fourth-order valence-electron chi connectivity index (χ4n) is 2.34. The summed E-state index contributed by atoms with van der Waals surface area (Å²) in [6.07, 6.45) is -3.01. The molecule has 0 atom stereocenters. The minimum atomic E-state index is -4.54. The number of hydrogen-bond acceptors (Lipinski definition) is 6. The van der Waals surface area contributed by atoms with Gasteiger partial charge < -0.3 is 4.52 Å². The van der Waals surface area contributed by atoms with Crippen molar-refractivity contribution in [2.75, 3.05) is 5.43 Å². The highest BCUT2D eigenvalue weighted by atomic mass is 32.2. The molecule has 0 aliphatic heterocycles. The van der Waals surface area contributed by atoms with Crippen LogP contribution >= 0.6 is 11.8 Å². The van der Waals surface area contributed by atoms with Crippen LogP contribution in [0.2, 0.25) is 0 Å². The molecular formula is C18H15F3N4O2S. The minimum absolute atomic E-state index is 0.227. The zero-order chi connectivity index (χ0) is 20.1. The number of nitrogens with zero attached hydrogens (tertiary/aromatic N) is 2. The molecule has 28 heavy (non-hydrogen) atoms. The van der Waals surface area contributed by atoms with Crippen molar-refractivity contribution in [2.24, 2.45) is 0 Å². The first-order chi connectivity index (χ1) is 13.3. The van der Waals surface area contributed by atoms with E-state index in [1.54, 1.807) is 19.1 Å². The summed E-state index contributed by atoms with van der Waals surface area (Å²) < 4.78 is 44.1. The van der Waals surface area contributed by atoms with Gasteiger partial charge in [-0.05, 0) is 31.2 Å². The molecule has 3 aromatic rings. The molecule has 0 unspecified atom stereocenters. The Morgan fingerprint density at radius 1 is 1.21 bits per heavy atom. The summed E-state index contributed by atoms with van der Waals surface area (Å²) in [5.41, 5.74) is 4.42. The molecular weight excluding hydrogens is 393 g/mol. The molecule has 0 fully saturated rings. The number of aromatic nitrogens is 2. The maximum absolute atomic E-state index is 13.0. The molecule has 146 valence electrons. The van der Waals surface area contributed by atoms with E-state index in [0.717, 1.165) is 6.07 Å². The van der Waals surface area contributed by atoms with E-state index in [-0.39, 0.29) is 11.3 Å². The molecule has 2 N–H and O–H groups in total. The zero-order valence-corrected chi connectivity index (χ0v) is 15.4. The second-order valence-electron chi connectivity index (χ2n) is 5.70. The van der Waals surface area contributed by atoms with E-state index in [4.69, 9.17) is 4.52 Å². The minimum Gasteiger partial charge on any atom is -0.361 e. The summed E-state index contributed by atoms with van der Waals surface area (Å²) in [5.74, 6) is 0.491. The highest BCUT2D eigenvalue weighted by Crippen LogP contribution is 2.34. The summed E-state index contributed by atoms with van der Waals surface area (Å²) in [7, 11) is 0. The number of anilines is 1. The van der Waals surface area contributed by atoms with Crippen LogP contribution < -0.4 is 10.9 Å². The highest BCUT2D eigenvalue weighted by molar-refractivity contribution is 7.98. The molecule has 0 radical (unpaired) electrons. The standard InChI is InChI=1S/C18H15F3N4O2S/c1-11-9-12(25-27-11)10-28-17-13(5-4-8-22-17)16(26)24-23-15-7-3-2-6-14(15)18(19,20)21/h2-9,23H,10H2,1H3,(H,24,26). The average molecular weight is 408 g/mol. The molecule has 2 heterocycles. The number of carbonyl (C=O) groups is 1. The van der Waals surface area contributed by atoms with Crippen LogP contribution in [-0.4, -0.2) is 16.0 Å². The number of thioether (sulfide) groups is 1. The number of nitrogens with one attached hydrogen (secondary N) is 2. The van der Waals surface area contributed by atoms with Gasteiger partial charge in [-0.2, -0.15) is 13.2 Å². The monoisotopic (exact) mass is 408 g/mol. The van der Waals surface area contributed by atoms with Gasteiger partial charge in [-0.1, -0.05) is 29.1 Å². The highest BCUT2D eigenvalue weighted by Gasteiger charge is 2.33. The number of alkyl halides is 3. The molecule has 1 aromatic carbocycles. The maximum atomic E-state index is 13.0. The fraction of sp³-hybridized carbons (Fsp3) is 0.167. The van der Waals surface area contributed by atoms with E-state index in [9.17, 15) is 18.0 Å². The lowest BCUT2D eigenvalue weighted by molar-refractivity contribution is -0.137. The number of pyridine rings is 1. The molecule has 10 heteroatoms. The first-order valence-electron chi connectivity index (χ1n) is 8.07. The van der Waals surface area contributed by atoms with E-state index in [1.165, 1.54) is 42.2 Å². The molecule has 0 aliphatic rings. The second-order valence-corrected chi connectivity index (χ2v) is 6.66. The Morgan fingerprint density at radius 2 is 2.00 bits per heavy atom. The number of rotatable bonds is 6. The van der Waals surface area contributed by atoms with Crippen molar-refractivity contribution >= 4 is 23.4 Å². The van der Waals surface area contributed by atoms with Crippen molar-refractivity contribution < 1.29 is 22.5 Å². The van der Waals surface area contributed by atoms with Gasteiger partial charge in [-0.15, -0.1) is 0 Å². The Morgan fingerprint density at radius 3 is 2.71 bits per heavy atom. The van der Waals surface area contributed by atoms with Crippen LogP contribution in [-0.2, 0) is 11.9 Å². The lowest BCUT2D eigenvalue weighted by Gasteiger charge is -2.15. The molecule has 6 nitrogen and oxygen atoms in total. The van der Waals surface area contributed by atoms with Crippen molar-refractivity contribution in [3.8, 4) is 0 Å². The van der Waals surface area contributed by atoms with Gasteiger partial charge in [0.25, 0.3) is 5.91 Å². The number of halogens is 3. The number of aryl methyl sites for hydroxylation is 1. The van der Waals surface area contributed by atoms with Gasteiger partial charge in [0, 0.05) is 18.0 Å². The number of benzene rings is 1. The van der Waals surface area contributed by atoms with Crippen LogP contribution in [0, 0.1) is 6.92 Å². The van der Waals surface area contributed by atoms with Crippen molar-refractivity contribution in [1.82, 2.24) is 15.6 Å². The molecule has 3 rings (SSSR count). The van der Waals surface area contributed by atoms with Gasteiger partial charge in [-0.3, -0.25) is 15.6 Å².